The van der Waals surface area contributed by atoms with Crippen molar-refractivity contribution in [2.24, 2.45) is 0 Å². The Kier molecular flexibility index (Phi) is 3.96. The normalized spacial score (nSPS) is 17.4. The number of nitriles is 1. The Morgan fingerprint density at radius 3 is 2.52 bits per heavy atom. The Morgan fingerprint density at radius 2 is 1.87 bits per heavy atom. The first-order valence-electron chi connectivity index (χ1n) is 8.17. The maximum absolute atomic E-state index is 8.87. The Hall–Kier alpha value is -2.00. The first kappa shape index (κ1) is 14.6. The lowest BCUT2D eigenvalue weighted by atomic mass is 10.2. The van der Waals surface area contributed by atoms with Crippen LogP contribution in [0.3, 0.4) is 0 Å². The summed E-state index contributed by atoms with van der Waals surface area (Å²) in [6.07, 6.45) is 4.99. The molecular formula is C17H19N5S. The fourth-order valence-electron chi connectivity index (χ4n) is 2.98. The van der Waals surface area contributed by atoms with Crippen molar-refractivity contribution in [3.63, 3.8) is 0 Å². The molecule has 23 heavy (non-hydrogen) atoms. The number of anilines is 1. The molecule has 0 atom stereocenters. The topological polar surface area (TPSA) is 57.7 Å². The van der Waals surface area contributed by atoms with Gasteiger partial charge in [-0.1, -0.05) is 23.9 Å². The highest BCUT2D eigenvalue weighted by Crippen LogP contribution is 2.41. The number of nitrogens with zero attached hydrogens (tertiary/aromatic N) is 5. The highest BCUT2D eigenvalue weighted by atomic mass is 32.2. The summed E-state index contributed by atoms with van der Waals surface area (Å²) < 4.78 is 2.35. The van der Waals surface area contributed by atoms with Crippen LogP contribution in [0.25, 0.3) is 0 Å². The van der Waals surface area contributed by atoms with Gasteiger partial charge in [-0.3, -0.25) is 4.57 Å². The molecule has 5 nitrogen and oxygen atoms in total. The van der Waals surface area contributed by atoms with Gasteiger partial charge in [-0.15, -0.1) is 10.2 Å². The van der Waals surface area contributed by atoms with Crippen LogP contribution in [0.5, 0.6) is 0 Å². The molecule has 2 aliphatic rings. The van der Waals surface area contributed by atoms with E-state index in [1.165, 1.54) is 31.2 Å². The quantitative estimate of drug-likeness (QED) is 0.789. The number of hydrogen-bond donors (Lipinski definition) is 0. The highest BCUT2D eigenvalue weighted by Gasteiger charge is 2.32. The van der Waals surface area contributed by atoms with E-state index in [1.807, 2.05) is 24.3 Å². The molecule has 0 radical (unpaired) electrons. The van der Waals surface area contributed by atoms with Gasteiger partial charge in [0.2, 0.25) is 5.95 Å². The fourth-order valence-corrected chi connectivity index (χ4v) is 3.93. The van der Waals surface area contributed by atoms with Crippen molar-refractivity contribution < 1.29 is 0 Å². The number of benzene rings is 1. The maximum Gasteiger partial charge on any atom is 0.228 e. The molecule has 6 heteroatoms. The molecule has 0 spiro atoms. The minimum absolute atomic E-state index is 0.587. The summed E-state index contributed by atoms with van der Waals surface area (Å²) in [6, 6.07) is 10.5. The van der Waals surface area contributed by atoms with Crippen molar-refractivity contribution in [1.29, 1.82) is 5.26 Å². The fraction of sp³-hybridized carbons (Fsp3) is 0.471. The highest BCUT2D eigenvalue weighted by molar-refractivity contribution is 7.98. The summed E-state index contributed by atoms with van der Waals surface area (Å²) in [6.45, 7) is 2.20. The van der Waals surface area contributed by atoms with Gasteiger partial charge in [0.15, 0.2) is 5.16 Å². The van der Waals surface area contributed by atoms with Crippen LogP contribution in [0.2, 0.25) is 0 Å². The van der Waals surface area contributed by atoms with Gasteiger partial charge in [-0.2, -0.15) is 5.26 Å². The number of thioether (sulfide) groups is 1. The third-order valence-electron chi connectivity index (χ3n) is 4.40. The van der Waals surface area contributed by atoms with Gasteiger partial charge in [-0.25, -0.2) is 0 Å². The predicted octanol–water partition coefficient (Wildman–Crippen LogP) is 3.38. The third-order valence-corrected chi connectivity index (χ3v) is 5.41. The SMILES string of the molecule is N#Cc1ccc(CSc2nnc(N3CCCC3)n2C2CC2)cc1. The second-order valence-electron chi connectivity index (χ2n) is 6.18. The first-order valence-corrected chi connectivity index (χ1v) is 9.15. The molecular weight excluding hydrogens is 306 g/mol. The van der Waals surface area contributed by atoms with Crippen LogP contribution in [-0.4, -0.2) is 27.9 Å². The molecule has 0 bridgehead atoms. The van der Waals surface area contributed by atoms with Crippen LogP contribution >= 0.6 is 11.8 Å². The van der Waals surface area contributed by atoms with Crippen molar-refractivity contribution >= 4 is 17.7 Å². The predicted molar refractivity (Wildman–Crippen MR) is 90.5 cm³/mol. The summed E-state index contributed by atoms with van der Waals surface area (Å²) in [4.78, 5) is 2.37. The van der Waals surface area contributed by atoms with Crippen molar-refractivity contribution in [3.05, 3.63) is 35.4 Å². The Morgan fingerprint density at radius 1 is 1.13 bits per heavy atom. The van der Waals surface area contributed by atoms with E-state index in [0.717, 1.165) is 29.9 Å². The Balaban J connectivity index is 1.51. The largest absolute Gasteiger partial charge is 0.341 e. The lowest BCUT2D eigenvalue weighted by molar-refractivity contribution is 0.651. The van der Waals surface area contributed by atoms with E-state index in [0.29, 0.717) is 11.6 Å². The zero-order chi connectivity index (χ0) is 15.6. The monoisotopic (exact) mass is 325 g/mol. The molecule has 4 rings (SSSR count). The molecule has 2 fully saturated rings. The maximum atomic E-state index is 8.87. The van der Waals surface area contributed by atoms with E-state index in [9.17, 15) is 0 Å². The average Bonchev–Trinajstić information content (AvgIpc) is 3.12. The average molecular weight is 325 g/mol. The van der Waals surface area contributed by atoms with Gasteiger partial charge in [0.1, 0.15) is 0 Å². The number of hydrogen-bond acceptors (Lipinski definition) is 5. The molecule has 2 aromatic rings. The van der Waals surface area contributed by atoms with Crippen LogP contribution in [-0.2, 0) is 5.75 Å². The molecule has 1 aliphatic carbocycles. The van der Waals surface area contributed by atoms with E-state index in [1.54, 1.807) is 11.8 Å². The summed E-state index contributed by atoms with van der Waals surface area (Å²) in [5.41, 5.74) is 1.92. The molecule has 118 valence electrons. The number of rotatable bonds is 5. The zero-order valence-electron chi connectivity index (χ0n) is 13.0. The van der Waals surface area contributed by atoms with Gasteiger partial charge in [0.25, 0.3) is 0 Å². The summed E-state index contributed by atoms with van der Waals surface area (Å²) in [5.74, 6) is 1.92. The molecule has 1 saturated carbocycles. The second-order valence-corrected chi connectivity index (χ2v) is 7.12. The Labute approximate surface area is 140 Å². The lowest BCUT2D eigenvalue weighted by Gasteiger charge is -2.17. The summed E-state index contributed by atoms with van der Waals surface area (Å²) in [7, 11) is 0. The van der Waals surface area contributed by atoms with E-state index < -0.39 is 0 Å². The third kappa shape index (κ3) is 3.06. The van der Waals surface area contributed by atoms with Crippen molar-refractivity contribution in [2.75, 3.05) is 18.0 Å². The molecule has 1 saturated heterocycles. The molecule has 1 aromatic heterocycles. The van der Waals surface area contributed by atoms with Crippen molar-refractivity contribution in [2.45, 2.75) is 42.6 Å². The van der Waals surface area contributed by atoms with E-state index in [-0.39, 0.29) is 0 Å². The van der Waals surface area contributed by atoms with E-state index in [2.05, 4.69) is 25.7 Å². The molecule has 1 aromatic carbocycles. The van der Waals surface area contributed by atoms with Gasteiger partial charge < -0.3 is 4.90 Å². The minimum atomic E-state index is 0.587. The van der Waals surface area contributed by atoms with Crippen molar-refractivity contribution in [3.8, 4) is 6.07 Å². The van der Waals surface area contributed by atoms with Crippen LogP contribution in [0, 0.1) is 11.3 Å². The standard InChI is InChI=1S/C17H19N5S/c18-11-13-3-5-14(6-4-13)12-23-17-20-19-16(21-9-1-2-10-21)22(17)15-7-8-15/h3-6,15H,1-2,7-10,12H2. The van der Waals surface area contributed by atoms with Crippen molar-refractivity contribution in [1.82, 2.24) is 14.8 Å². The molecule has 0 amide bonds. The van der Waals surface area contributed by atoms with Gasteiger partial charge >= 0.3 is 0 Å². The zero-order valence-corrected chi connectivity index (χ0v) is 13.8. The van der Waals surface area contributed by atoms with E-state index >= 15 is 0 Å². The van der Waals surface area contributed by atoms with E-state index in [4.69, 9.17) is 5.26 Å². The summed E-state index contributed by atoms with van der Waals surface area (Å²) >= 11 is 1.74. The van der Waals surface area contributed by atoms with Crippen LogP contribution in [0.15, 0.2) is 29.4 Å². The molecule has 0 unspecified atom stereocenters. The van der Waals surface area contributed by atoms with Crippen LogP contribution in [0.1, 0.15) is 42.9 Å². The Bertz CT molecular complexity index is 720. The number of aromatic nitrogens is 3. The lowest BCUT2D eigenvalue weighted by Crippen LogP contribution is -2.22. The minimum Gasteiger partial charge on any atom is -0.341 e. The molecule has 2 heterocycles. The molecule has 0 N–H and O–H groups in total. The van der Waals surface area contributed by atoms with Gasteiger partial charge in [-0.05, 0) is 43.4 Å². The molecule has 1 aliphatic heterocycles. The second kappa shape index (κ2) is 6.25. The summed E-state index contributed by atoms with van der Waals surface area (Å²) in [5, 5.41) is 18.8. The van der Waals surface area contributed by atoms with Crippen LogP contribution < -0.4 is 4.90 Å². The van der Waals surface area contributed by atoms with Gasteiger partial charge in [0.05, 0.1) is 11.6 Å². The van der Waals surface area contributed by atoms with Crippen LogP contribution in [0.4, 0.5) is 5.95 Å². The first-order chi connectivity index (χ1) is 11.3. The smallest absolute Gasteiger partial charge is 0.228 e. The van der Waals surface area contributed by atoms with Gasteiger partial charge in [0, 0.05) is 24.9 Å².